The van der Waals surface area contributed by atoms with Crippen molar-refractivity contribution in [3.63, 3.8) is 0 Å². The minimum absolute atomic E-state index is 0.0379. The number of nitrogens with one attached hydrogen (secondary N) is 3. The highest BCUT2D eigenvalue weighted by molar-refractivity contribution is 8.01. The first-order valence-electron chi connectivity index (χ1n) is 7.65. The second-order valence-corrected chi connectivity index (χ2v) is 6.62. The molecule has 0 saturated carbocycles. The zero-order chi connectivity index (χ0) is 16.8. The van der Waals surface area contributed by atoms with Crippen LogP contribution in [0.1, 0.15) is 26.7 Å². The van der Waals surface area contributed by atoms with Crippen LogP contribution in [0.25, 0.3) is 0 Å². The van der Waals surface area contributed by atoms with Crippen LogP contribution in [0.3, 0.4) is 0 Å². The highest BCUT2D eigenvalue weighted by Crippen LogP contribution is 2.36. The number of hydrogen-bond acceptors (Lipinski definition) is 4. The van der Waals surface area contributed by atoms with Gasteiger partial charge in [-0.2, -0.15) is 0 Å². The van der Waals surface area contributed by atoms with E-state index in [-0.39, 0.29) is 24.1 Å². The number of hydrogen-bond donors (Lipinski definition) is 3. The molecule has 124 valence electrons. The lowest BCUT2D eigenvalue weighted by atomic mass is 10.2. The maximum atomic E-state index is 12.1. The van der Waals surface area contributed by atoms with Crippen LogP contribution in [0.2, 0.25) is 0 Å². The first-order valence-corrected chi connectivity index (χ1v) is 8.53. The van der Waals surface area contributed by atoms with Crippen molar-refractivity contribution < 1.29 is 14.4 Å². The smallest absolute Gasteiger partial charge is 0.242 e. The van der Waals surface area contributed by atoms with Crippen LogP contribution in [-0.4, -0.2) is 35.6 Å². The fourth-order valence-corrected chi connectivity index (χ4v) is 3.27. The number of para-hydroxylation sites is 1. The topological polar surface area (TPSA) is 87.3 Å². The number of anilines is 1. The molecule has 1 aromatic carbocycles. The zero-order valence-electron chi connectivity index (χ0n) is 13.2. The van der Waals surface area contributed by atoms with E-state index < -0.39 is 11.3 Å². The van der Waals surface area contributed by atoms with Crippen LogP contribution >= 0.6 is 11.8 Å². The molecule has 6 nitrogen and oxygen atoms in total. The Labute approximate surface area is 139 Å². The Morgan fingerprint density at radius 3 is 2.83 bits per heavy atom. The lowest BCUT2D eigenvalue weighted by Crippen LogP contribution is -2.46. The summed E-state index contributed by atoms with van der Waals surface area (Å²) >= 11 is 1.37. The van der Waals surface area contributed by atoms with Gasteiger partial charge in [0.2, 0.25) is 17.7 Å². The summed E-state index contributed by atoms with van der Waals surface area (Å²) in [6.45, 7) is 4.17. The Morgan fingerprint density at radius 2 is 2.09 bits per heavy atom. The monoisotopic (exact) mass is 335 g/mol. The van der Waals surface area contributed by atoms with Crippen molar-refractivity contribution in [1.82, 2.24) is 10.6 Å². The van der Waals surface area contributed by atoms with Gasteiger partial charge in [-0.15, -0.1) is 11.8 Å². The molecule has 1 aromatic rings. The van der Waals surface area contributed by atoms with Crippen molar-refractivity contribution in [3.8, 4) is 0 Å². The van der Waals surface area contributed by atoms with Crippen molar-refractivity contribution in [2.24, 2.45) is 0 Å². The molecule has 3 amide bonds. The van der Waals surface area contributed by atoms with Gasteiger partial charge in [0.15, 0.2) is 0 Å². The molecule has 0 bridgehead atoms. The van der Waals surface area contributed by atoms with Gasteiger partial charge < -0.3 is 16.0 Å². The van der Waals surface area contributed by atoms with Gasteiger partial charge in [-0.3, -0.25) is 14.4 Å². The van der Waals surface area contributed by atoms with Crippen molar-refractivity contribution in [3.05, 3.63) is 24.3 Å². The summed E-state index contributed by atoms with van der Waals surface area (Å²) < 4.78 is 0. The van der Waals surface area contributed by atoms with E-state index in [0.717, 1.165) is 17.0 Å². The number of fused-ring (bicyclic) bond motifs is 1. The number of amides is 3. The molecule has 0 radical (unpaired) electrons. The Bertz CT molecular complexity index is 606. The van der Waals surface area contributed by atoms with Crippen molar-refractivity contribution >= 4 is 35.2 Å². The average Bonchev–Trinajstić information content (AvgIpc) is 2.53. The van der Waals surface area contributed by atoms with E-state index in [0.29, 0.717) is 6.54 Å². The number of benzene rings is 1. The standard InChI is InChI=1S/C16H21N3O3S/c1-3-8-17-15(21)10(2)18-14(20)9-13-16(22)19-11-6-4-5-7-12(11)23-13/h4-7,10,13H,3,8-9H2,1-2H3,(H,17,21)(H,18,20)(H,19,22)/t10-,13+/m1/s1. The Hall–Kier alpha value is -2.02. The normalized spacial score (nSPS) is 17.7. The number of carbonyl (C=O) groups excluding carboxylic acids is 3. The summed E-state index contributed by atoms with van der Waals surface area (Å²) in [5.74, 6) is -0.714. The molecule has 0 aliphatic carbocycles. The number of thioether (sulfide) groups is 1. The van der Waals surface area contributed by atoms with E-state index in [9.17, 15) is 14.4 Å². The van der Waals surface area contributed by atoms with Gasteiger partial charge in [-0.05, 0) is 25.5 Å². The molecule has 0 saturated heterocycles. The molecule has 0 unspecified atom stereocenters. The molecule has 0 spiro atoms. The van der Waals surface area contributed by atoms with Crippen LogP contribution in [0.4, 0.5) is 5.69 Å². The summed E-state index contributed by atoms with van der Waals surface area (Å²) in [6, 6.07) is 6.86. The van der Waals surface area contributed by atoms with Gasteiger partial charge >= 0.3 is 0 Å². The van der Waals surface area contributed by atoms with Crippen molar-refractivity contribution in [2.75, 3.05) is 11.9 Å². The van der Waals surface area contributed by atoms with E-state index in [4.69, 9.17) is 0 Å². The fourth-order valence-electron chi connectivity index (χ4n) is 2.16. The summed E-state index contributed by atoms with van der Waals surface area (Å²) in [5, 5.41) is 7.67. The summed E-state index contributed by atoms with van der Waals surface area (Å²) in [6.07, 6.45) is 0.876. The fraction of sp³-hybridized carbons (Fsp3) is 0.438. The molecule has 3 N–H and O–H groups in total. The Balaban J connectivity index is 1.88. The molecule has 23 heavy (non-hydrogen) atoms. The Kier molecular flexibility index (Phi) is 6.04. The Morgan fingerprint density at radius 1 is 1.35 bits per heavy atom. The minimum Gasteiger partial charge on any atom is -0.354 e. The number of carbonyl (C=O) groups is 3. The molecule has 2 rings (SSSR count). The molecule has 0 fully saturated rings. The van der Waals surface area contributed by atoms with E-state index in [1.54, 1.807) is 6.92 Å². The van der Waals surface area contributed by atoms with Crippen LogP contribution in [-0.2, 0) is 14.4 Å². The maximum absolute atomic E-state index is 12.1. The van der Waals surface area contributed by atoms with Crippen LogP contribution < -0.4 is 16.0 Å². The first kappa shape index (κ1) is 17.3. The van der Waals surface area contributed by atoms with E-state index in [1.165, 1.54) is 11.8 Å². The van der Waals surface area contributed by atoms with Gasteiger partial charge in [0.1, 0.15) is 6.04 Å². The van der Waals surface area contributed by atoms with E-state index in [2.05, 4.69) is 16.0 Å². The summed E-state index contributed by atoms with van der Waals surface area (Å²) in [7, 11) is 0. The molecule has 1 aliphatic heterocycles. The SMILES string of the molecule is CCCNC(=O)[C@@H](C)NC(=O)C[C@@H]1Sc2ccccc2NC1=O. The molecule has 0 aromatic heterocycles. The van der Waals surface area contributed by atoms with Gasteiger partial charge in [0.25, 0.3) is 0 Å². The zero-order valence-corrected chi connectivity index (χ0v) is 14.0. The quantitative estimate of drug-likeness (QED) is 0.735. The van der Waals surface area contributed by atoms with Gasteiger partial charge in [-0.25, -0.2) is 0 Å². The van der Waals surface area contributed by atoms with Crippen LogP contribution in [0, 0.1) is 0 Å². The van der Waals surface area contributed by atoms with Crippen LogP contribution in [0.5, 0.6) is 0 Å². The lowest BCUT2D eigenvalue weighted by Gasteiger charge is -2.24. The lowest BCUT2D eigenvalue weighted by molar-refractivity contribution is -0.129. The van der Waals surface area contributed by atoms with Crippen molar-refractivity contribution in [2.45, 2.75) is 42.9 Å². The summed E-state index contributed by atoms with van der Waals surface area (Å²) in [4.78, 5) is 36.8. The predicted molar refractivity (Wildman–Crippen MR) is 90.2 cm³/mol. The van der Waals surface area contributed by atoms with E-state index in [1.807, 2.05) is 31.2 Å². The molecular formula is C16H21N3O3S. The van der Waals surface area contributed by atoms with Gasteiger partial charge in [0.05, 0.1) is 10.9 Å². The molecule has 1 heterocycles. The maximum Gasteiger partial charge on any atom is 0.242 e. The summed E-state index contributed by atoms with van der Waals surface area (Å²) in [5.41, 5.74) is 0.770. The average molecular weight is 335 g/mol. The molecule has 2 atom stereocenters. The minimum atomic E-state index is -0.613. The first-order chi connectivity index (χ1) is 11.0. The van der Waals surface area contributed by atoms with Gasteiger partial charge in [-0.1, -0.05) is 19.1 Å². The second-order valence-electron chi connectivity index (χ2n) is 5.38. The molecule has 1 aliphatic rings. The highest BCUT2D eigenvalue weighted by Gasteiger charge is 2.29. The molecular weight excluding hydrogens is 314 g/mol. The second kappa shape index (κ2) is 8.01. The third-order valence-electron chi connectivity index (χ3n) is 3.40. The van der Waals surface area contributed by atoms with Gasteiger partial charge in [0, 0.05) is 17.9 Å². The predicted octanol–water partition coefficient (Wildman–Crippen LogP) is 1.52. The number of rotatable bonds is 6. The van der Waals surface area contributed by atoms with E-state index >= 15 is 0 Å². The third-order valence-corrected chi connectivity index (χ3v) is 4.67. The third kappa shape index (κ3) is 4.72. The highest BCUT2D eigenvalue weighted by atomic mass is 32.2. The van der Waals surface area contributed by atoms with Crippen molar-refractivity contribution in [1.29, 1.82) is 0 Å². The largest absolute Gasteiger partial charge is 0.354 e. The van der Waals surface area contributed by atoms with Crippen LogP contribution in [0.15, 0.2) is 29.2 Å². The molecule has 7 heteroatoms.